The normalized spacial score (nSPS) is 20.8. The Balaban J connectivity index is 2.06. The van der Waals surface area contributed by atoms with Gasteiger partial charge in [-0.15, -0.1) is 0 Å². The zero-order valence-electron chi connectivity index (χ0n) is 12.3. The molecular weight excluding hydrogens is 218 g/mol. The first-order chi connectivity index (χ1) is 8.56. The summed E-state index contributed by atoms with van der Waals surface area (Å²) in [5.41, 5.74) is 4.61. The highest BCUT2D eigenvalue weighted by molar-refractivity contribution is 5.35. The minimum Gasteiger partial charge on any atom is -0.310 e. The molecule has 0 bridgehead atoms. The highest BCUT2D eigenvalue weighted by atomic mass is 14.9. The van der Waals surface area contributed by atoms with Crippen molar-refractivity contribution in [2.75, 3.05) is 6.54 Å². The van der Waals surface area contributed by atoms with Gasteiger partial charge < -0.3 is 5.32 Å². The molecule has 0 amide bonds. The summed E-state index contributed by atoms with van der Waals surface area (Å²) in [4.78, 5) is 0. The number of aryl methyl sites for hydroxylation is 1. The van der Waals surface area contributed by atoms with E-state index in [4.69, 9.17) is 0 Å². The van der Waals surface area contributed by atoms with Gasteiger partial charge in [-0.2, -0.15) is 0 Å². The van der Waals surface area contributed by atoms with Gasteiger partial charge in [-0.25, -0.2) is 0 Å². The van der Waals surface area contributed by atoms with E-state index in [0.29, 0.717) is 12.0 Å². The summed E-state index contributed by atoms with van der Waals surface area (Å²) < 4.78 is 0. The molecule has 1 aliphatic carbocycles. The van der Waals surface area contributed by atoms with Crippen LogP contribution in [0.1, 0.15) is 56.8 Å². The van der Waals surface area contributed by atoms with E-state index in [1.807, 2.05) is 0 Å². The van der Waals surface area contributed by atoms with Crippen LogP contribution in [-0.2, 0) is 12.8 Å². The second kappa shape index (κ2) is 5.88. The maximum absolute atomic E-state index is 3.61. The molecule has 1 N–H and O–H groups in total. The van der Waals surface area contributed by atoms with Gasteiger partial charge in [0, 0.05) is 6.04 Å². The molecule has 0 fully saturated rings. The van der Waals surface area contributed by atoms with Gasteiger partial charge in [0.25, 0.3) is 0 Å². The van der Waals surface area contributed by atoms with Crippen molar-refractivity contribution >= 4 is 0 Å². The maximum atomic E-state index is 3.61. The van der Waals surface area contributed by atoms with Gasteiger partial charge in [0.15, 0.2) is 0 Å². The van der Waals surface area contributed by atoms with Gasteiger partial charge in [-0.3, -0.25) is 0 Å². The first-order valence-electron chi connectivity index (χ1n) is 7.41. The molecule has 0 spiro atoms. The quantitative estimate of drug-likeness (QED) is 0.841. The average Bonchev–Trinajstić information content (AvgIpc) is 2.35. The van der Waals surface area contributed by atoms with Crippen molar-refractivity contribution in [3.8, 4) is 0 Å². The predicted octanol–water partition coefficient (Wildman–Crippen LogP) is 4.12. The van der Waals surface area contributed by atoms with E-state index < -0.39 is 0 Å². The molecule has 18 heavy (non-hydrogen) atoms. The zero-order valence-corrected chi connectivity index (χ0v) is 12.3. The third-order valence-electron chi connectivity index (χ3n) is 4.04. The molecule has 1 nitrogen and oxygen atoms in total. The molecule has 0 aliphatic heterocycles. The molecule has 0 aromatic heterocycles. The van der Waals surface area contributed by atoms with Crippen molar-refractivity contribution in [1.29, 1.82) is 0 Å². The predicted molar refractivity (Wildman–Crippen MR) is 78.9 cm³/mol. The molecule has 1 aromatic rings. The Hall–Kier alpha value is -0.820. The molecule has 0 saturated carbocycles. The summed E-state index contributed by atoms with van der Waals surface area (Å²) >= 11 is 0. The van der Waals surface area contributed by atoms with Gasteiger partial charge in [0.05, 0.1) is 0 Å². The summed E-state index contributed by atoms with van der Waals surface area (Å²) in [6.07, 6.45) is 3.88. The molecule has 100 valence electrons. The van der Waals surface area contributed by atoms with Crippen molar-refractivity contribution in [2.45, 2.75) is 53.0 Å². The van der Waals surface area contributed by atoms with Crippen LogP contribution >= 0.6 is 0 Å². The lowest BCUT2D eigenvalue weighted by molar-refractivity contribution is 0.489. The zero-order chi connectivity index (χ0) is 13.1. The van der Waals surface area contributed by atoms with Crippen molar-refractivity contribution in [2.24, 2.45) is 11.8 Å². The van der Waals surface area contributed by atoms with Crippen molar-refractivity contribution in [1.82, 2.24) is 5.32 Å². The minimum atomic E-state index is 0.469. The Morgan fingerprint density at radius 2 is 2.00 bits per heavy atom. The van der Waals surface area contributed by atoms with Crippen molar-refractivity contribution in [3.63, 3.8) is 0 Å². The Labute approximate surface area is 112 Å². The van der Waals surface area contributed by atoms with Crippen LogP contribution in [0.5, 0.6) is 0 Å². The van der Waals surface area contributed by atoms with Crippen LogP contribution in [0.2, 0.25) is 0 Å². The Morgan fingerprint density at radius 1 is 1.22 bits per heavy atom. The number of hydrogen-bond acceptors (Lipinski definition) is 1. The van der Waals surface area contributed by atoms with Crippen molar-refractivity contribution in [3.05, 3.63) is 34.9 Å². The number of benzene rings is 1. The smallest absolute Gasteiger partial charge is 0.0292 e. The molecule has 0 saturated heterocycles. The van der Waals surface area contributed by atoms with Crippen LogP contribution in [0.15, 0.2) is 18.2 Å². The second-order valence-electron chi connectivity index (χ2n) is 6.40. The maximum Gasteiger partial charge on any atom is 0.0292 e. The summed E-state index contributed by atoms with van der Waals surface area (Å²) in [6, 6.07) is 7.57. The molecule has 1 aliphatic rings. The second-order valence-corrected chi connectivity index (χ2v) is 6.40. The average molecular weight is 245 g/mol. The van der Waals surface area contributed by atoms with E-state index in [0.717, 1.165) is 12.5 Å². The van der Waals surface area contributed by atoms with Crippen LogP contribution in [-0.4, -0.2) is 6.54 Å². The van der Waals surface area contributed by atoms with Crippen LogP contribution < -0.4 is 5.32 Å². The topological polar surface area (TPSA) is 12.0 Å². The van der Waals surface area contributed by atoms with E-state index in [9.17, 15) is 0 Å². The van der Waals surface area contributed by atoms with Gasteiger partial charge in [-0.1, -0.05) is 39.0 Å². The van der Waals surface area contributed by atoms with Gasteiger partial charge in [0.2, 0.25) is 0 Å². The summed E-state index contributed by atoms with van der Waals surface area (Å²) in [5, 5.41) is 3.61. The standard InChI is InChI=1S/C17H27N/c1-12(2)11-18-14(4)15-7-8-16-9-13(3)5-6-17(16)10-15/h7-8,10,12-14,18H,5-6,9,11H2,1-4H3. The lowest BCUT2D eigenvalue weighted by Crippen LogP contribution is -2.23. The molecule has 1 aromatic carbocycles. The lowest BCUT2D eigenvalue weighted by atomic mass is 9.83. The monoisotopic (exact) mass is 245 g/mol. The Bertz CT molecular complexity index is 395. The molecule has 2 atom stereocenters. The highest BCUT2D eigenvalue weighted by Gasteiger charge is 2.16. The van der Waals surface area contributed by atoms with E-state index >= 15 is 0 Å². The fraction of sp³-hybridized carbons (Fsp3) is 0.647. The fourth-order valence-electron chi connectivity index (χ4n) is 2.76. The van der Waals surface area contributed by atoms with Gasteiger partial charge in [-0.05, 0) is 61.3 Å². The number of fused-ring (bicyclic) bond motifs is 1. The number of rotatable bonds is 4. The third kappa shape index (κ3) is 3.35. The molecule has 0 radical (unpaired) electrons. The largest absolute Gasteiger partial charge is 0.310 e. The van der Waals surface area contributed by atoms with E-state index in [-0.39, 0.29) is 0 Å². The minimum absolute atomic E-state index is 0.469. The fourth-order valence-corrected chi connectivity index (χ4v) is 2.76. The Morgan fingerprint density at radius 3 is 2.72 bits per heavy atom. The molecular formula is C17H27N. The van der Waals surface area contributed by atoms with Gasteiger partial charge in [0.1, 0.15) is 0 Å². The number of hydrogen-bond donors (Lipinski definition) is 1. The van der Waals surface area contributed by atoms with E-state index in [1.54, 1.807) is 11.1 Å². The molecule has 2 rings (SSSR count). The van der Waals surface area contributed by atoms with Crippen molar-refractivity contribution < 1.29 is 0 Å². The summed E-state index contributed by atoms with van der Waals surface area (Å²) in [5.74, 6) is 1.57. The SMILES string of the molecule is CC(C)CNC(C)c1ccc2c(c1)CCC(C)C2. The molecule has 2 unspecified atom stereocenters. The first kappa shape index (κ1) is 13.6. The van der Waals surface area contributed by atoms with E-state index in [1.165, 1.54) is 24.8 Å². The van der Waals surface area contributed by atoms with Crippen LogP contribution in [0.25, 0.3) is 0 Å². The molecule has 1 heteroatoms. The van der Waals surface area contributed by atoms with Gasteiger partial charge >= 0.3 is 0 Å². The van der Waals surface area contributed by atoms with E-state index in [2.05, 4.69) is 51.2 Å². The first-order valence-corrected chi connectivity index (χ1v) is 7.41. The Kier molecular flexibility index (Phi) is 4.45. The summed E-state index contributed by atoms with van der Waals surface area (Å²) in [7, 11) is 0. The van der Waals surface area contributed by atoms with Crippen LogP contribution in [0.4, 0.5) is 0 Å². The highest BCUT2D eigenvalue weighted by Crippen LogP contribution is 2.27. The van der Waals surface area contributed by atoms with Crippen LogP contribution in [0.3, 0.4) is 0 Å². The molecule has 0 heterocycles. The summed E-state index contributed by atoms with van der Waals surface area (Å²) in [6.45, 7) is 10.2. The number of nitrogens with one attached hydrogen (secondary N) is 1. The van der Waals surface area contributed by atoms with Crippen LogP contribution in [0, 0.1) is 11.8 Å². The third-order valence-corrected chi connectivity index (χ3v) is 4.04. The lowest BCUT2D eigenvalue weighted by Gasteiger charge is -2.24.